The lowest BCUT2D eigenvalue weighted by Crippen LogP contribution is -2.32. The highest BCUT2D eigenvalue weighted by molar-refractivity contribution is 6.28. The summed E-state index contributed by atoms with van der Waals surface area (Å²) in [5.41, 5.74) is 1.65. The summed E-state index contributed by atoms with van der Waals surface area (Å²) in [7, 11) is 0. The molecular formula is C24H21NO5. The maximum absolute atomic E-state index is 12.8. The Labute approximate surface area is 173 Å². The number of carbonyl (C=O) groups is 4. The summed E-state index contributed by atoms with van der Waals surface area (Å²) < 4.78 is 5.32. The highest BCUT2D eigenvalue weighted by atomic mass is 16.5. The molecule has 2 aliphatic carbocycles. The molecule has 0 bridgehead atoms. The normalized spacial score (nSPS) is 18.2. The quantitative estimate of drug-likeness (QED) is 0.530. The topological polar surface area (TPSA) is 89.5 Å². The van der Waals surface area contributed by atoms with E-state index < -0.39 is 12.0 Å². The first-order chi connectivity index (χ1) is 14.5. The molecule has 30 heavy (non-hydrogen) atoms. The lowest BCUT2D eigenvalue weighted by Gasteiger charge is -2.20. The van der Waals surface area contributed by atoms with E-state index in [4.69, 9.17) is 4.74 Å². The van der Waals surface area contributed by atoms with Crippen molar-refractivity contribution in [2.24, 2.45) is 5.92 Å². The van der Waals surface area contributed by atoms with E-state index >= 15 is 0 Å². The molecule has 6 nitrogen and oxygen atoms in total. The molecule has 2 atom stereocenters. The Morgan fingerprint density at radius 1 is 0.967 bits per heavy atom. The molecule has 6 heteroatoms. The summed E-state index contributed by atoms with van der Waals surface area (Å²) in [6.45, 7) is 1.51. The average molecular weight is 403 g/mol. The van der Waals surface area contributed by atoms with Gasteiger partial charge in [0.2, 0.25) is 0 Å². The molecule has 2 aromatic rings. The van der Waals surface area contributed by atoms with Crippen LogP contribution in [0.5, 0.6) is 0 Å². The van der Waals surface area contributed by atoms with Crippen LogP contribution in [0.3, 0.4) is 0 Å². The van der Waals surface area contributed by atoms with Gasteiger partial charge in [0.15, 0.2) is 17.7 Å². The van der Waals surface area contributed by atoms with Crippen molar-refractivity contribution < 1.29 is 23.9 Å². The molecule has 0 aromatic heterocycles. The fraction of sp³-hybridized carbons (Fsp3) is 0.250. The number of carbonyl (C=O) groups excluding carboxylic acids is 4. The molecule has 1 N–H and O–H groups in total. The summed E-state index contributed by atoms with van der Waals surface area (Å²) in [6.07, 6.45) is 5.16. The first-order valence-electron chi connectivity index (χ1n) is 9.94. The number of amides is 1. The van der Waals surface area contributed by atoms with Crippen LogP contribution in [0.25, 0.3) is 0 Å². The monoisotopic (exact) mass is 403 g/mol. The van der Waals surface area contributed by atoms with Crippen molar-refractivity contribution in [2.75, 3.05) is 5.32 Å². The number of hydrogen-bond donors (Lipinski definition) is 1. The van der Waals surface area contributed by atoms with Gasteiger partial charge >= 0.3 is 5.97 Å². The zero-order chi connectivity index (χ0) is 21.3. The Morgan fingerprint density at radius 3 is 2.30 bits per heavy atom. The van der Waals surface area contributed by atoms with E-state index in [0.29, 0.717) is 35.2 Å². The van der Waals surface area contributed by atoms with Crippen molar-refractivity contribution >= 4 is 29.1 Å². The van der Waals surface area contributed by atoms with Gasteiger partial charge in [-0.05, 0) is 44.4 Å². The first-order valence-corrected chi connectivity index (χ1v) is 9.94. The second-order valence-corrected chi connectivity index (χ2v) is 7.51. The molecule has 4 rings (SSSR count). The molecule has 0 heterocycles. The van der Waals surface area contributed by atoms with Gasteiger partial charge in [-0.15, -0.1) is 0 Å². The Kier molecular flexibility index (Phi) is 5.31. The molecule has 0 radical (unpaired) electrons. The zero-order valence-corrected chi connectivity index (χ0v) is 16.5. The van der Waals surface area contributed by atoms with Crippen LogP contribution in [0.2, 0.25) is 0 Å². The van der Waals surface area contributed by atoms with E-state index in [9.17, 15) is 19.2 Å². The summed E-state index contributed by atoms with van der Waals surface area (Å²) >= 11 is 0. The molecular weight excluding hydrogens is 382 g/mol. The zero-order valence-electron chi connectivity index (χ0n) is 16.5. The van der Waals surface area contributed by atoms with E-state index in [1.165, 1.54) is 19.1 Å². The molecule has 0 aliphatic heterocycles. The van der Waals surface area contributed by atoms with Crippen LogP contribution in [0.1, 0.15) is 58.0 Å². The number of ketones is 2. The Bertz CT molecular complexity index is 1080. The lowest BCUT2D eigenvalue weighted by atomic mass is 9.84. The number of benzene rings is 2. The van der Waals surface area contributed by atoms with Gasteiger partial charge in [-0.1, -0.05) is 36.4 Å². The van der Waals surface area contributed by atoms with Crippen molar-refractivity contribution in [3.63, 3.8) is 0 Å². The number of allylic oxidation sites excluding steroid dienone is 2. The fourth-order valence-electron chi connectivity index (χ4n) is 3.75. The Morgan fingerprint density at radius 2 is 1.63 bits per heavy atom. The largest absolute Gasteiger partial charge is 0.452 e. The van der Waals surface area contributed by atoms with Crippen LogP contribution in [0.15, 0.2) is 54.6 Å². The first kappa shape index (κ1) is 19.8. The van der Waals surface area contributed by atoms with Crippen LogP contribution >= 0.6 is 0 Å². The molecule has 0 saturated carbocycles. The highest BCUT2D eigenvalue weighted by Crippen LogP contribution is 2.29. The van der Waals surface area contributed by atoms with E-state index in [1.807, 2.05) is 12.2 Å². The third-order valence-corrected chi connectivity index (χ3v) is 5.46. The van der Waals surface area contributed by atoms with E-state index in [1.54, 1.807) is 30.3 Å². The van der Waals surface area contributed by atoms with Crippen LogP contribution < -0.4 is 5.32 Å². The second-order valence-electron chi connectivity index (χ2n) is 7.51. The van der Waals surface area contributed by atoms with E-state index in [0.717, 1.165) is 6.42 Å². The molecule has 0 spiro atoms. The summed E-state index contributed by atoms with van der Waals surface area (Å²) in [5, 5.41) is 2.67. The number of esters is 1. The maximum Gasteiger partial charge on any atom is 0.310 e. The van der Waals surface area contributed by atoms with Crippen molar-refractivity contribution in [1.82, 2.24) is 0 Å². The summed E-state index contributed by atoms with van der Waals surface area (Å²) in [4.78, 5) is 50.2. The molecule has 0 fully saturated rings. The number of fused-ring (bicyclic) bond motifs is 2. The van der Waals surface area contributed by atoms with Gasteiger partial charge in [0.25, 0.3) is 5.91 Å². The Balaban J connectivity index is 1.47. The van der Waals surface area contributed by atoms with Crippen molar-refractivity contribution in [1.29, 1.82) is 0 Å². The third-order valence-electron chi connectivity index (χ3n) is 5.46. The summed E-state index contributed by atoms with van der Waals surface area (Å²) in [5.74, 6) is -1.59. The van der Waals surface area contributed by atoms with Gasteiger partial charge in [0, 0.05) is 27.9 Å². The van der Waals surface area contributed by atoms with Gasteiger partial charge in [-0.25, -0.2) is 0 Å². The van der Waals surface area contributed by atoms with Crippen LogP contribution in [-0.2, 0) is 14.3 Å². The van der Waals surface area contributed by atoms with Crippen LogP contribution in [0.4, 0.5) is 5.69 Å². The highest BCUT2D eigenvalue weighted by Gasteiger charge is 2.30. The number of anilines is 1. The number of ether oxygens (including phenoxy) is 1. The molecule has 2 aliphatic rings. The number of nitrogens with one attached hydrogen (secondary N) is 1. The molecule has 1 amide bonds. The molecule has 2 aromatic carbocycles. The van der Waals surface area contributed by atoms with Crippen LogP contribution in [0, 0.1) is 5.92 Å². The minimum Gasteiger partial charge on any atom is -0.452 e. The van der Waals surface area contributed by atoms with Gasteiger partial charge in [0.1, 0.15) is 0 Å². The minimum atomic E-state index is -0.975. The van der Waals surface area contributed by atoms with Crippen molar-refractivity contribution in [3.8, 4) is 0 Å². The second kappa shape index (κ2) is 8.06. The molecule has 0 unspecified atom stereocenters. The fourth-order valence-corrected chi connectivity index (χ4v) is 3.75. The standard InChI is InChI=1S/C24H21NO5/c1-14(30-24(29)15-7-3-2-4-8-15)23(28)25-16-11-12-19-20(13-16)22(27)18-10-6-5-9-17(18)21(19)26/h2-3,5-6,9-15H,4,7-8H2,1H3,(H,25,28)/t14-,15-/m0/s1. The van der Waals surface area contributed by atoms with Gasteiger partial charge < -0.3 is 10.1 Å². The maximum atomic E-state index is 12.8. The van der Waals surface area contributed by atoms with Gasteiger partial charge in [-0.2, -0.15) is 0 Å². The van der Waals surface area contributed by atoms with Crippen LogP contribution in [-0.4, -0.2) is 29.5 Å². The lowest BCUT2D eigenvalue weighted by molar-refractivity contribution is -0.157. The number of hydrogen-bond acceptors (Lipinski definition) is 5. The smallest absolute Gasteiger partial charge is 0.310 e. The average Bonchev–Trinajstić information content (AvgIpc) is 2.78. The molecule has 0 saturated heterocycles. The predicted octanol–water partition coefficient (Wildman–Crippen LogP) is 3.69. The van der Waals surface area contributed by atoms with Gasteiger partial charge in [0.05, 0.1) is 5.92 Å². The molecule has 152 valence electrons. The SMILES string of the molecule is C[C@H](OC(=O)[C@H]1CC=CCC1)C(=O)Nc1ccc2c(c1)C(=O)c1ccccc1C2=O. The summed E-state index contributed by atoms with van der Waals surface area (Å²) in [6, 6.07) is 11.3. The van der Waals surface area contributed by atoms with Crippen molar-refractivity contribution in [2.45, 2.75) is 32.3 Å². The third kappa shape index (κ3) is 3.68. The Hall–Kier alpha value is -3.54. The number of rotatable bonds is 4. The van der Waals surface area contributed by atoms with E-state index in [-0.39, 0.29) is 29.0 Å². The minimum absolute atomic E-state index is 0.220. The van der Waals surface area contributed by atoms with Gasteiger partial charge in [-0.3, -0.25) is 19.2 Å². The predicted molar refractivity (Wildman–Crippen MR) is 110 cm³/mol. The van der Waals surface area contributed by atoms with E-state index in [2.05, 4.69) is 5.32 Å². The van der Waals surface area contributed by atoms with Crippen molar-refractivity contribution in [3.05, 3.63) is 76.9 Å².